The Kier molecular flexibility index (Phi) is 8.89. The minimum absolute atomic E-state index is 0.715. The Bertz CT molecular complexity index is 139. The van der Waals surface area contributed by atoms with Gasteiger partial charge in [0.2, 0.25) is 0 Å². The Morgan fingerprint density at radius 2 is 1.25 bits per heavy atom. The quantitative estimate of drug-likeness (QED) is 0.621. The number of thioether (sulfide) groups is 2. The lowest BCUT2D eigenvalue weighted by atomic mass is 10.7. The number of rotatable bonds is 7. The predicted octanol–water partition coefficient (Wildman–Crippen LogP) is 3.96. The van der Waals surface area contributed by atoms with Crippen molar-refractivity contribution in [2.75, 3.05) is 23.0 Å². The zero-order chi connectivity index (χ0) is 9.40. The van der Waals surface area contributed by atoms with Gasteiger partial charge >= 0.3 is 0 Å². The van der Waals surface area contributed by atoms with Crippen molar-refractivity contribution in [3.05, 3.63) is 23.2 Å². The number of halogens is 2. The smallest absolute Gasteiger partial charge is 0.0286 e. The largest absolute Gasteiger partial charge is 0.155 e. The summed E-state index contributed by atoms with van der Waals surface area (Å²) in [4.78, 5) is 0. The highest BCUT2D eigenvalue weighted by atomic mass is 35.5. The first-order valence-corrected chi connectivity index (χ1v) is 6.51. The summed E-state index contributed by atoms with van der Waals surface area (Å²) in [5.74, 6) is 3.84. The van der Waals surface area contributed by atoms with E-state index in [1.807, 2.05) is 0 Å². The van der Waals surface area contributed by atoms with Crippen LogP contribution in [-0.2, 0) is 0 Å². The van der Waals surface area contributed by atoms with Crippen molar-refractivity contribution in [2.24, 2.45) is 0 Å². The SMILES string of the molecule is C=C(Cl)CSCCSCC(=C)Cl. The third-order valence-corrected chi connectivity index (χ3v) is 3.82. The molecule has 0 nitrogen and oxygen atoms in total. The normalized spacial score (nSPS) is 9.83. The van der Waals surface area contributed by atoms with Crippen LogP contribution in [0.4, 0.5) is 0 Å². The minimum Gasteiger partial charge on any atom is -0.155 e. The molecular formula is C8H12Cl2S2. The van der Waals surface area contributed by atoms with Crippen LogP contribution >= 0.6 is 46.7 Å². The molecule has 0 spiro atoms. The fourth-order valence-corrected chi connectivity index (χ4v) is 2.62. The van der Waals surface area contributed by atoms with Gasteiger partial charge in [0.1, 0.15) is 0 Å². The van der Waals surface area contributed by atoms with Gasteiger partial charge in [0, 0.05) is 33.1 Å². The van der Waals surface area contributed by atoms with Gasteiger partial charge in [0.25, 0.3) is 0 Å². The Morgan fingerprint density at radius 3 is 1.50 bits per heavy atom. The van der Waals surface area contributed by atoms with Crippen LogP contribution in [0.1, 0.15) is 0 Å². The van der Waals surface area contributed by atoms with Crippen LogP contribution in [0.3, 0.4) is 0 Å². The van der Waals surface area contributed by atoms with Crippen LogP contribution in [0.25, 0.3) is 0 Å². The fraction of sp³-hybridized carbons (Fsp3) is 0.500. The van der Waals surface area contributed by atoms with E-state index in [0.717, 1.165) is 23.0 Å². The molecule has 4 heteroatoms. The second-order valence-electron chi connectivity index (χ2n) is 2.14. The molecule has 70 valence electrons. The van der Waals surface area contributed by atoms with Crippen molar-refractivity contribution < 1.29 is 0 Å². The first-order valence-electron chi connectivity index (χ1n) is 3.45. The fourth-order valence-electron chi connectivity index (χ4n) is 0.484. The molecule has 0 aromatic rings. The highest BCUT2D eigenvalue weighted by Crippen LogP contribution is 2.14. The first-order chi connectivity index (χ1) is 5.63. The van der Waals surface area contributed by atoms with Gasteiger partial charge in [-0.1, -0.05) is 36.4 Å². The summed E-state index contributed by atoms with van der Waals surface area (Å²) < 4.78 is 0. The van der Waals surface area contributed by atoms with Crippen LogP contribution < -0.4 is 0 Å². The molecule has 0 aromatic heterocycles. The van der Waals surface area contributed by atoms with Crippen LogP contribution in [0.2, 0.25) is 0 Å². The molecule has 0 bridgehead atoms. The molecule has 0 aliphatic carbocycles. The van der Waals surface area contributed by atoms with E-state index in [1.165, 1.54) is 0 Å². The van der Waals surface area contributed by atoms with Crippen LogP contribution in [0, 0.1) is 0 Å². The monoisotopic (exact) mass is 242 g/mol. The Morgan fingerprint density at radius 1 is 0.917 bits per heavy atom. The maximum atomic E-state index is 5.58. The number of hydrogen-bond donors (Lipinski definition) is 0. The van der Waals surface area contributed by atoms with Crippen molar-refractivity contribution in [1.29, 1.82) is 0 Å². The molecule has 0 rings (SSSR count). The molecule has 0 saturated heterocycles. The summed E-state index contributed by atoms with van der Waals surface area (Å²) in [5, 5.41) is 1.43. The van der Waals surface area contributed by atoms with Crippen molar-refractivity contribution in [3.8, 4) is 0 Å². The van der Waals surface area contributed by atoms with E-state index in [4.69, 9.17) is 23.2 Å². The summed E-state index contributed by atoms with van der Waals surface area (Å²) in [5.41, 5.74) is 0. The second-order valence-corrected chi connectivity index (χ2v) is 5.42. The molecule has 0 aliphatic rings. The van der Waals surface area contributed by atoms with E-state index in [0.29, 0.717) is 10.1 Å². The van der Waals surface area contributed by atoms with Gasteiger partial charge in [-0.05, 0) is 0 Å². The van der Waals surface area contributed by atoms with Gasteiger partial charge in [-0.15, -0.1) is 0 Å². The average molecular weight is 243 g/mol. The standard InChI is InChI=1S/C8H12Cl2S2/c1-7(9)5-11-3-4-12-6-8(2)10/h1-6H2. The molecule has 0 aliphatic heterocycles. The van der Waals surface area contributed by atoms with Gasteiger partial charge in [0.15, 0.2) is 0 Å². The molecular weight excluding hydrogens is 231 g/mol. The lowest BCUT2D eigenvalue weighted by Crippen LogP contribution is -1.88. The van der Waals surface area contributed by atoms with E-state index in [1.54, 1.807) is 23.5 Å². The van der Waals surface area contributed by atoms with Crippen molar-refractivity contribution in [2.45, 2.75) is 0 Å². The van der Waals surface area contributed by atoms with Gasteiger partial charge in [-0.2, -0.15) is 23.5 Å². The number of hydrogen-bond acceptors (Lipinski definition) is 2. The minimum atomic E-state index is 0.715. The highest BCUT2D eigenvalue weighted by molar-refractivity contribution is 8.03. The summed E-state index contributed by atoms with van der Waals surface area (Å²) in [6, 6.07) is 0. The van der Waals surface area contributed by atoms with Crippen LogP contribution in [0.15, 0.2) is 23.2 Å². The van der Waals surface area contributed by atoms with Gasteiger partial charge in [0.05, 0.1) is 0 Å². The van der Waals surface area contributed by atoms with Crippen LogP contribution in [-0.4, -0.2) is 23.0 Å². The molecule has 0 radical (unpaired) electrons. The molecule has 0 aromatic carbocycles. The summed E-state index contributed by atoms with van der Waals surface area (Å²) >= 11 is 14.7. The summed E-state index contributed by atoms with van der Waals surface area (Å²) in [6.45, 7) is 7.21. The Labute approximate surface area is 92.8 Å². The molecule has 0 N–H and O–H groups in total. The third-order valence-electron chi connectivity index (χ3n) is 0.889. The van der Waals surface area contributed by atoms with Gasteiger partial charge in [-0.3, -0.25) is 0 Å². The molecule has 0 unspecified atom stereocenters. The maximum Gasteiger partial charge on any atom is 0.0286 e. The topological polar surface area (TPSA) is 0 Å². The zero-order valence-electron chi connectivity index (χ0n) is 6.82. The van der Waals surface area contributed by atoms with E-state index in [-0.39, 0.29) is 0 Å². The van der Waals surface area contributed by atoms with Crippen molar-refractivity contribution >= 4 is 46.7 Å². The molecule has 0 amide bonds. The zero-order valence-corrected chi connectivity index (χ0v) is 9.96. The lowest BCUT2D eigenvalue weighted by Gasteiger charge is -1.99. The highest BCUT2D eigenvalue weighted by Gasteiger charge is 1.93. The molecule has 12 heavy (non-hydrogen) atoms. The predicted molar refractivity (Wildman–Crippen MR) is 64.6 cm³/mol. The van der Waals surface area contributed by atoms with E-state index >= 15 is 0 Å². The third kappa shape index (κ3) is 10.8. The van der Waals surface area contributed by atoms with E-state index in [2.05, 4.69) is 13.2 Å². The van der Waals surface area contributed by atoms with E-state index in [9.17, 15) is 0 Å². The van der Waals surface area contributed by atoms with Gasteiger partial charge in [-0.25, -0.2) is 0 Å². The maximum absolute atomic E-state index is 5.58. The second kappa shape index (κ2) is 8.36. The van der Waals surface area contributed by atoms with Crippen LogP contribution in [0.5, 0.6) is 0 Å². The molecule has 0 heterocycles. The van der Waals surface area contributed by atoms with Crippen molar-refractivity contribution in [1.82, 2.24) is 0 Å². The molecule has 0 saturated carbocycles. The summed E-state index contributed by atoms with van der Waals surface area (Å²) in [7, 11) is 0. The molecule has 0 atom stereocenters. The molecule has 0 fully saturated rings. The van der Waals surface area contributed by atoms with Crippen molar-refractivity contribution in [3.63, 3.8) is 0 Å². The van der Waals surface area contributed by atoms with Gasteiger partial charge < -0.3 is 0 Å². The van der Waals surface area contributed by atoms with E-state index < -0.39 is 0 Å². The lowest BCUT2D eigenvalue weighted by molar-refractivity contribution is 1.52. The average Bonchev–Trinajstić information content (AvgIpc) is 1.95. The first kappa shape index (κ1) is 12.8. The summed E-state index contributed by atoms with van der Waals surface area (Å²) in [6.07, 6.45) is 0. The Hall–Kier alpha value is 0.760. The Balaban J connectivity index is 3.01.